The normalized spacial score (nSPS) is 13.3. The Morgan fingerprint density at radius 2 is 0.642 bits per heavy atom. The first-order valence-corrected chi connectivity index (χ1v) is 27.2. The summed E-state index contributed by atoms with van der Waals surface area (Å²) < 4.78 is 10.6. The lowest BCUT2D eigenvalue weighted by atomic mass is 10.0. The second kappa shape index (κ2) is 56.4. The van der Waals surface area contributed by atoms with E-state index in [0.29, 0.717) is 12.8 Å². The first kappa shape index (κ1) is 63.0. The van der Waals surface area contributed by atoms with Crippen molar-refractivity contribution in [3.63, 3.8) is 0 Å². The Bertz CT molecular complexity index is 1420. The smallest absolute Gasteiger partial charge is 0.306 e. The van der Waals surface area contributed by atoms with Crippen LogP contribution in [-0.4, -0.2) is 36.4 Å². The molecule has 0 aliphatic heterocycles. The lowest BCUT2D eigenvalue weighted by Gasteiger charge is -2.15. The molecule has 1 unspecified atom stereocenters. The average Bonchev–Trinajstić information content (AvgIpc) is 3.33. The van der Waals surface area contributed by atoms with Crippen LogP contribution in [0.4, 0.5) is 0 Å². The van der Waals surface area contributed by atoms with Crippen molar-refractivity contribution in [2.45, 2.75) is 232 Å². The third kappa shape index (κ3) is 54.5. The van der Waals surface area contributed by atoms with Crippen molar-refractivity contribution in [2.24, 2.45) is 0 Å². The molecule has 0 aromatic rings. The fourth-order valence-corrected chi connectivity index (χ4v) is 7.15. The van der Waals surface area contributed by atoms with Gasteiger partial charge in [0.1, 0.15) is 6.61 Å². The van der Waals surface area contributed by atoms with E-state index < -0.39 is 6.10 Å². The molecule has 0 heterocycles. The van der Waals surface area contributed by atoms with Crippen LogP contribution in [0.1, 0.15) is 226 Å². The van der Waals surface area contributed by atoms with Gasteiger partial charge in [-0.1, -0.05) is 250 Å². The number of carbonyl (C=O) groups excluding carboxylic acids is 2. The summed E-state index contributed by atoms with van der Waals surface area (Å²) in [6.45, 7) is 4.00. The van der Waals surface area contributed by atoms with Crippen LogP contribution in [0.15, 0.2) is 134 Å². The van der Waals surface area contributed by atoms with Crippen LogP contribution >= 0.6 is 0 Å². The predicted molar refractivity (Wildman–Crippen MR) is 292 cm³/mol. The van der Waals surface area contributed by atoms with Crippen molar-refractivity contribution in [1.29, 1.82) is 0 Å². The lowest BCUT2D eigenvalue weighted by Crippen LogP contribution is -2.28. The molecule has 0 saturated heterocycles. The molecule has 0 bridgehead atoms. The second-order valence-corrected chi connectivity index (χ2v) is 17.6. The molecule has 0 amide bonds. The number of rotatable bonds is 48. The van der Waals surface area contributed by atoms with Crippen molar-refractivity contribution in [3.05, 3.63) is 134 Å². The van der Waals surface area contributed by atoms with Gasteiger partial charge in [-0.15, -0.1) is 0 Å². The number of ether oxygens (including phenoxy) is 2. The zero-order valence-electron chi connectivity index (χ0n) is 43.1. The molecule has 0 aliphatic carbocycles. The fraction of sp³-hybridized carbons (Fsp3) is 0.613. The Balaban J connectivity index is 3.68. The quantitative estimate of drug-likeness (QED) is 0.0374. The molecule has 0 aromatic carbocycles. The van der Waals surface area contributed by atoms with Crippen LogP contribution in [0.2, 0.25) is 0 Å². The van der Waals surface area contributed by atoms with Gasteiger partial charge in [-0.2, -0.15) is 0 Å². The molecule has 0 radical (unpaired) electrons. The molecule has 0 rings (SSSR count). The summed E-state index contributed by atoms with van der Waals surface area (Å²) in [6.07, 6.45) is 84.1. The van der Waals surface area contributed by atoms with Gasteiger partial charge in [0, 0.05) is 12.8 Å². The number of unbranched alkanes of at least 4 members (excludes halogenated alkanes) is 18. The van der Waals surface area contributed by atoms with Gasteiger partial charge in [-0.3, -0.25) is 9.59 Å². The first-order valence-electron chi connectivity index (χ1n) is 27.2. The van der Waals surface area contributed by atoms with Gasteiger partial charge in [0.25, 0.3) is 0 Å². The van der Waals surface area contributed by atoms with Crippen molar-refractivity contribution in [2.75, 3.05) is 13.2 Å². The van der Waals surface area contributed by atoms with E-state index in [9.17, 15) is 14.7 Å². The maximum Gasteiger partial charge on any atom is 0.306 e. The van der Waals surface area contributed by atoms with Crippen LogP contribution < -0.4 is 0 Å². The summed E-state index contributed by atoms with van der Waals surface area (Å²) in [5.74, 6) is -0.633. The van der Waals surface area contributed by atoms with E-state index in [1.165, 1.54) is 83.5 Å². The summed E-state index contributed by atoms with van der Waals surface area (Å²) in [5, 5.41) is 9.62. The maximum absolute atomic E-state index is 12.3. The van der Waals surface area contributed by atoms with E-state index in [0.717, 1.165) is 116 Å². The minimum absolute atomic E-state index is 0.0848. The second-order valence-electron chi connectivity index (χ2n) is 17.6. The van der Waals surface area contributed by atoms with Gasteiger partial charge in [-0.25, -0.2) is 0 Å². The van der Waals surface area contributed by atoms with Crippen molar-refractivity contribution < 1.29 is 24.2 Å². The maximum atomic E-state index is 12.3. The van der Waals surface area contributed by atoms with E-state index in [-0.39, 0.29) is 25.2 Å². The summed E-state index contributed by atoms with van der Waals surface area (Å²) in [7, 11) is 0. The van der Waals surface area contributed by atoms with E-state index in [2.05, 4.69) is 148 Å². The van der Waals surface area contributed by atoms with Crippen LogP contribution in [0, 0.1) is 0 Å². The number of carbonyl (C=O) groups is 2. The van der Waals surface area contributed by atoms with Gasteiger partial charge in [0.2, 0.25) is 0 Å². The van der Waals surface area contributed by atoms with Crippen LogP contribution in [0.25, 0.3) is 0 Å². The van der Waals surface area contributed by atoms with Crippen molar-refractivity contribution in [3.8, 4) is 0 Å². The minimum atomic E-state index is -0.797. The molecule has 5 nitrogen and oxygen atoms in total. The first-order chi connectivity index (χ1) is 33.1. The Morgan fingerprint density at radius 3 is 0.970 bits per heavy atom. The fourth-order valence-electron chi connectivity index (χ4n) is 7.15. The Kier molecular flexibility index (Phi) is 53.0. The largest absolute Gasteiger partial charge is 0.462 e. The molecular formula is C62H100O5. The molecule has 1 N–H and O–H groups in total. The molecule has 0 aromatic heterocycles. The molecule has 1 atom stereocenters. The molecular weight excluding hydrogens is 825 g/mol. The van der Waals surface area contributed by atoms with E-state index >= 15 is 0 Å². The molecule has 0 spiro atoms. The van der Waals surface area contributed by atoms with Gasteiger partial charge in [0.05, 0.1) is 6.61 Å². The monoisotopic (exact) mass is 925 g/mol. The summed E-state index contributed by atoms with van der Waals surface area (Å²) in [5.41, 5.74) is 0. The van der Waals surface area contributed by atoms with Gasteiger partial charge >= 0.3 is 11.9 Å². The Morgan fingerprint density at radius 1 is 0.358 bits per heavy atom. The standard InChI is InChI=1S/C62H100O5/c1-3-5-7-9-11-13-15-17-19-21-22-23-24-25-26-27-28-29-30-31-32-33-34-35-36-37-38-39-40-41-43-45-47-49-51-53-55-57-62(65)67-60(58-63)59-66-61(64)56-54-52-50-48-46-44-42-20-18-16-14-12-10-8-6-4-2/h5,7,11,13,17,19,22-23,25-26,28-29,31-32,34-35,37-38,40-41,45,47,60,63H,3-4,6,8-10,12,14-16,18,20-21,24,27,30,33,36,39,42-44,46,48-59H2,1-2H3/b7-5-,13-11-,19-17-,23-22-,26-25-,29-28-,32-31-,35-34-,38-37-,41-40-,47-45-. The van der Waals surface area contributed by atoms with E-state index in [1.54, 1.807) is 0 Å². The van der Waals surface area contributed by atoms with Gasteiger partial charge < -0.3 is 14.6 Å². The Hall–Kier alpha value is -3.96. The number of esters is 2. The molecule has 0 aliphatic rings. The number of hydrogen-bond acceptors (Lipinski definition) is 5. The predicted octanol–water partition coefficient (Wildman–Crippen LogP) is 18.5. The van der Waals surface area contributed by atoms with Gasteiger partial charge in [-0.05, 0) is 96.3 Å². The summed E-state index contributed by atoms with van der Waals surface area (Å²) in [4.78, 5) is 24.4. The van der Waals surface area contributed by atoms with E-state index in [4.69, 9.17) is 9.47 Å². The summed E-state index contributed by atoms with van der Waals surface area (Å²) in [6, 6.07) is 0. The third-order valence-corrected chi connectivity index (χ3v) is 11.2. The highest BCUT2D eigenvalue weighted by Crippen LogP contribution is 2.15. The highest BCUT2D eigenvalue weighted by atomic mass is 16.6. The molecule has 5 heteroatoms. The number of aliphatic hydroxyl groups is 1. The molecule has 0 saturated carbocycles. The molecule has 378 valence electrons. The number of aliphatic hydroxyl groups excluding tert-OH is 1. The van der Waals surface area contributed by atoms with Crippen LogP contribution in [0.3, 0.4) is 0 Å². The highest BCUT2D eigenvalue weighted by Gasteiger charge is 2.16. The van der Waals surface area contributed by atoms with Crippen LogP contribution in [-0.2, 0) is 19.1 Å². The van der Waals surface area contributed by atoms with Crippen LogP contribution in [0.5, 0.6) is 0 Å². The van der Waals surface area contributed by atoms with Gasteiger partial charge in [0.15, 0.2) is 6.10 Å². The zero-order chi connectivity index (χ0) is 48.5. The zero-order valence-corrected chi connectivity index (χ0v) is 43.1. The van der Waals surface area contributed by atoms with E-state index in [1.807, 2.05) is 0 Å². The number of allylic oxidation sites excluding steroid dienone is 22. The van der Waals surface area contributed by atoms with Crippen molar-refractivity contribution >= 4 is 11.9 Å². The topological polar surface area (TPSA) is 72.8 Å². The average molecular weight is 925 g/mol. The minimum Gasteiger partial charge on any atom is -0.462 e. The van der Waals surface area contributed by atoms with Crippen molar-refractivity contribution in [1.82, 2.24) is 0 Å². The summed E-state index contributed by atoms with van der Waals surface area (Å²) >= 11 is 0. The SMILES string of the molecule is CC/C=C\C/C=C\C/C=C\C/C=C\C/C=C\C/C=C\C/C=C\C/C=C\C/C=C\C/C=C\C/C=C\CCCCCC(=O)OC(CO)COC(=O)CCCCCCCCCCCCCCCCCC. The third-order valence-electron chi connectivity index (χ3n) is 11.2. The Labute approximate surface area is 413 Å². The molecule has 0 fully saturated rings. The number of hydrogen-bond donors (Lipinski definition) is 1. The lowest BCUT2D eigenvalue weighted by molar-refractivity contribution is -0.161. The highest BCUT2D eigenvalue weighted by molar-refractivity contribution is 5.70. The molecule has 67 heavy (non-hydrogen) atoms.